The zero-order chi connectivity index (χ0) is 27.0. The van der Waals surface area contributed by atoms with Gasteiger partial charge >= 0.3 is 6.36 Å². The van der Waals surface area contributed by atoms with Crippen LogP contribution in [-0.2, 0) is 24.0 Å². The number of rotatable bonds is 7. The van der Waals surface area contributed by atoms with Crippen molar-refractivity contribution >= 4 is 0 Å². The van der Waals surface area contributed by atoms with Gasteiger partial charge in [-0.2, -0.15) is 4.91 Å². The largest absolute Gasteiger partial charge is 0.573 e. The predicted molar refractivity (Wildman–Crippen MR) is 139 cm³/mol. The van der Waals surface area contributed by atoms with E-state index in [4.69, 9.17) is 4.74 Å². The smallest absolute Gasteiger partial charge is 0.489 e. The van der Waals surface area contributed by atoms with E-state index in [9.17, 15) is 18.1 Å². The molecule has 4 rings (SSSR count). The number of fused-ring (bicyclic) bond motifs is 1. The average molecular weight is 512 g/mol. The molecule has 0 saturated carbocycles. The van der Waals surface area contributed by atoms with Crippen molar-refractivity contribution in [2.24, 2.45) is 5.18 Å². The van der Waals surface area contributed by atoms with Crippen molar-refractivity contribution in [2.75, 3.05) is 0 Å². The Labute approximate surface area is 215 Å². The zero-order valence-electron chi connectivity index (χ0n) is 21.8. The highest BCUT2D eigenvalue weighted by Gasteiger charge is 2.38. The van der Waals surface area contributed by atoms with E-state index in [2.05, 4.69) is 49.7 Å². The molecule has 0 bridgehead atoms. The Bertz CT molecular complexity index is 1290. The van der Waals surface area contributed by atoms with Crippen molar-refractivity contribution in [1.29, 1.82) is 0 Å². The maximum Gasteiger partial charge on any atom is 0.573 e. The molecule has 1 aliphatic carbocycles. The summed E-state index contributed by atoms with van der Waals surface area (Å²) in [5, 5.41) is 2.87. The van der Waals surface area contributed by atoms with E-state index in [0.29, 0.717) is 16.9 Å². The molecule has 3 aromatic carbocycles. The molecule has 3 aromatic rings. The van der Waals surface area contributed by atoms with E-state index in [1.807, 2.05) is 6.92 Å². The van der Waals surface area contributed by atoms with E-state index in [0.717, 1.165) is 35.1 Å². The van der Waals surface area contributed by atoms with Crippen LogP contribution in [-0.4, -0.2) is 6.36 Å². The van der Waals surface area contributed by atoms with Crippen molar-refractivity contribution in [2.45, 2.75) is 77.8 Å². The third kappa shape index (κ3) is 5.97. The molecule has 7 heteroatoms. The Balaban J connectivity index is 1.74. The molecule has 37 heavy (non-hydrogen) atoms. The highest BCUT2D eigenvalue weighted by molar-refractivity contribution is 5.76. The third-order valence-electron chi connectivity index (χ3n) is 7.33. The molecule has 0 heterocycles. The van der Waals surface area contributed by atoms with Crippen LogP contribution < -0.4 is 9.47 Å². The summed E-state index contributed by atoms with van der Waals surface area (Å²) in [6.07, 6.45) is -2.76. The Hall–Kier alpha value is -3.35. The van der Waals surface area contributed by atoms with Crippen molar-refractivity contribution < 1.29 is 22.6 Å². The molecule has 0 amide bonds. The van der Waals surface area contributed by atoms with Crippen LogP contribution in [0.5, 0.6) is 11.5 Å². The summed E-state index contributed by atoms with van der Waals surface area (Å²) >= 11 is 0. The first kappa shape index (κ1) is 26.7. The van der Waals surface area contributed by atoms with E-state index in [1.54, 1.807) is 36.4 Å². The van der Waals surface area contributed by atoms with Gasteiger partial charge in [0, 0.05) is 5.56 Å². The number of nitrogens with zero attached hydrogens (tertiary/aromatic N) is 1. The molecular formula is C30H32F3NO3. The van der Waals surface area contributed by atoms with Gasteiger partial charge < -0.3 is 9.47 Å². The number of alkyl halides is 3. The van der Waals surface area contributed by atoms with E-state index < -0.39 is 6.36 Å². The van der Waals surface area contributed by atoms with Gasteiger partial charge in [-0.05, 0) is 94.3 Å². The number of halogens is 3. The van der Waals surface area contributed by atoms with E-state index >= 15 is 0 Å². The van der Waals surface area contributed by atoms with E-state index in [1.165, 1.54) is 11.6 Å². The van der Waals surface area contributed by atoms with Crippen molar-refractivity contribution in [3.05, 3.63) is 87.3 Å². The summed E-state index contributed by atoms with van der Waals surface area (Å²) in [7, 11) is 0. The number of hydrogen-bond acceptors (Lipinski definition) is 4. The molecule has 0 aliphatic heterocycles. The highest BCUT2D eigenvalue weighted by Crippen LogP contribution is 2.48. The normalized spacial score (nSPS) is 16.1. The topological polar surface area (TPSA) is 47.9 Å². The van der Waals surface area contributed by atoms with E-state index in [-0.39, 0.29) is 29.7 Å². The van der Waals surface area contributed by atoms with Gasteiger partial charge in [-0.25, -0.2) is 0 Å². The van der Waals surface area contributed by atoms with Crippen LogP contribution in [0.15, 0.2) is 59.8 Å². The first-order valence-corrected chi connectivity index (χ1v) is 12.3. The van der Waals surface area contributed by atoms with Gasteiger partial charge in [0.15, 0.2) is 0 Å². The van der Waals surface area contributed by atoms with Crippen LogP contribution in [0.3, 0.4) is 0 Å². The van der Waals surface area contributed by atoms with Crippen molar-refractivity contribution in [3.8, 4) is 22.6 Å². The first-order valence-electron chi connectivity index (χ1n) is 12.3. The fourth-order valence-corrected chi connectivity index (χ4v) is 5.04. The van der Waals surface area contributed by atoms with Gasteiger partial charge in [0.2, 0.25) is 0 Å². The van der Waals surface area contributed by atoms with Gasteiger partial charge in [-0.3, -0.25) is 0 Å². The summed E-state index contributed by atoms with van der Waals surface area (Å²) in [6, 6.07) is 15.8. The maximum atomic E-state index is 13.3. The maximum absolute atomic E-state index is 13.3. The van der Waals surface area contributed by atoms with Crippen LogP contribution in [0.4, 0.5) is 13.2 Å². The first-order chi connectivity index (χ1) is 17.3. The summed E-state index contributed by atoms with van der Waals surface area (Å²) in [6.45, 7) is 11.0. The minimum absolute atomic E-state index is 0.00748. The molecule has 0 atom stereocenters. The summed E-state index contributed by atoms with van der Waals surface area (Å²) in [5.41, 5.74) is 5.78. The van der Waals surface area contributed by atoms with Gasteiger partial charge in [-0.1, -0.05) is 57.1 Å². The predicted octanol–water partition coefficient (Wildman–Crippen LogP) is 8.76. The highest BCUT2D eigenvalue weighted by atomic mass is 19.4. The Kier molecular flexibility index (Phi) is 7.10. The lowest BCUT2D eigenvalue weighted by Crippen LogP contribution is -2.34. The SMILES string of the molecule is Cc1cc2c(cc1-c1cc(COc3ccc(CN=O)cc3)ccc1OC(F)(F)F)C(C)(C)CCC2(C)C. The second-order valence-corrected chi connectivity index (χ2v) is 11.1. The molecule has 1 aliphatic rings. The molecule has 196 valence electrons. The molecule has 0 fully saturated rings. The third-order valence-corrected chi connectivity index (χ3v) is 7.33. The van der Waals surface area contributed by atoms with Gasteiger partial charge in [-0.15, -0.1) is 13.2 Å². The van der Waals surface area contributed by atoms with Gasteiger partial charge in [0.1, 0.15) is 24.7 Å². The zero-order valence-corrected chi connectivity index (χ0v) is 21.8. The standard InChI is InChI=1S/C30H32F3NO3/c1-19-14-25-26(29(4,5)13-12-28(25,2)3)16-23(19)24-15-21(8-11-27(24)37-30(31,32)33)18-36-22-9-6-20(7-10-22)17-34-35/h6-11,14-16H,12-13,17-18H2,1-5H3. The van der Waals surface area contributed by atoms with Crippen LogP contribution >= 0.6 is 0 Å². The fraction of sp³-hybridized carbons (Fsp3) is 0.400. The van der Waals surface area contributed by atoms with Crippen molar-refractivity contribution in [1.82, 2.24) is 0 Å². The quantitative estimate of drug-likeness (QED) is 0.298. The number of hydrogen-bond donors (Lipinski definition) is 0. The van der Waals surface area contributed by atoms with Crippen LogP contribution in [0.2, 0.25) is 0 Å². The molecule has 0 unspecified atom stereocenters. The Morgan fingerprint density at radius 1 is 0.838 bits per heavy atom. The lowest BCUT2D eigenvalue weighted by molar-refractivity contribution is -0.274. The van der Waals surface area contributed by atoms with Crippen LogP contribution in [0, 0.1) is 11.8 Å². The Morgan fingerprint density at radius 3 is 2.03 bits per heavy atom. The fourth-order valence-electron chi connectivity index (χ4n) is 5.04. The monoisotopic (exact) mass is 511 g/mol. The minimum atomic E-state index is -4.81. The molecule has 4 nitrogen and oxygen atoms in total. The van der Waals surface area contributed by atoms with Crippen LogP contribution in [0.1, 0.15) is 68.4 Å². The molecule has 0 N–H and O–H groups in total. The molecule has 0 spiro atoms. The van der Waals surface area contributed by atoms with Gasteiger partial charge in [0.25, 0.3) is 0 Å². The number of nitroso groups, excluding NO2 is 1. The second-order valence-electron chi connectivity index (χ2n) is 11.1. The summed E-state index contributed by atoms with van der Waals surface area (Å²) in [4.78, 5) is 10.4. The number of benzene rings is 3. The Morgan fingerprint density at radius 2 is 1.43 bits per heavy atom. The minimum Gasteiger partial charge on any atom is -0.489 e. The summed E-state index contributed by atoms with van der Waals surface area (Å²) in [5.74, 6) is 0.346. The number of aryl methyl sites for hydroxylation is 1. The molecule has 0 aromatic heterocycles. The average Bonchev–Trinajstić information content (AvgIpc) is 2.81. The van der Waals surface area contributed by atoms with Crippen molar-refractivity contribution in [3.63, 3.8) is 0 Å². The summed E-state index contributed by atoms with van der Waals surface area (Å²) < 4.78 is 50.3. The second kappa shape index (κ2) is 9.84. The van der Waals surface area contributed by atoms with Gasteiger partial charge in [0.05, 0.1) is 0 Å². The molecule has 0 saturated heterocycles. The lowest BCUT2D eigenvalue weighted by atomic mass is 9.62. The number of ether oxygens (including phenoxy) is 2. The molecule has 0 radical (unpaired) electrons. The van der Waals surface area contributed by atoms with Crippen LogP contribution in [0.25, 0.3) is 11.1 Å². The molecular weight excluding hydrogens is 479 g/mol. The lowest BCUT2D eigenvalue weighted by Gasteiger charge is -2.42.